The second kappa shape index (κ2) is 8.62. The van der Waals surface area contributed by atoms with Crippen molar-refractivity contribution in [2.45, 2.75) is 63.2 Å². The molecule has 1 aliphatic rings. The van der Waals surface area contributed by atoms with Crippen molar-refractivity contribution in [2.75, 3.05) is 0 Å². The minimum atomic E-state index is 0.0391. The van der Waals surface area contributed by atoms with Gasteiger partial charge in [0.1, 0.15) is 5.58 Å². The molecule has 0 saturated carbocycles. The third kappa shape index (κ3) is 5.03. The van der Waals surface area contributed by atoms with Crippen molar-refractivity contribution in [3.05, 3.63) is 63.7 Å². The molecule has 0 fully saturated rings. The quantitative estimate of drug-likeness (QED) is 0.359. The van der Waals surface area contributed by atoms with Gasteiger partial charge in [-0.2, -0.15) is 0 Å². The van der Waals surface area contributed by atoms with Crippen LogP contribution >= 0.6 is 24.0 Å². The fourth-order valence-corrected chi connectivity index (χ4v) is 4.88. The monoisotopic (exact) mass is 396 g/mol. The minimum Gasteiger partial charge on any atom is -0.449 e. The zero-order chi connectivity index (χ0) is 19.4. The Balaban J connectivity index is 1.70. The lowest BCUT2D eigenvalue weighted by Crippen LogP contribution is -2.18. The first-order valence-electron chi connectivity index (χ1n) is 9.61. The van der Waals surface area contributed by atoms with Gasteiger partial charge in [0.2, 0.25) is 0 Å². The van der Waals surface area contributed by atoms with Gasteiger partial charge in [-0.1, -0.05) is 71.6 Å². The van der Waals surface area contributed by atoms with E-state index in [9.17, 15) is 0 Å². The van der Waals surface area contributed by atoms with Gasteiger partial charge in [-0.05, 0) is 65.5 Å². The van der Waals surface area contributed by atoms with E-state index in [1.807, 2.05) is 24.3 Å². The summed E-state index contributed by atoms with van der Waals surface area (Å²) in [5.41, 5.74) is 4.81. The molecular weight excluding hydrogens is 368 g/mol. The summed E-state index contributed by atoms with van der Waals surface area (Å²) in [6.07, 6.45) is 13.6. The van der Waals surface area contributed by atoms with E-state index in [4.69, 9.17) is 16.6 Å². The van der Waals surface area contributed by atoms with Crippen molar-refractivity contribution in [1.29, 1.82) is 0 Å². The van der Waals surface area contributed by atoms with Crippen molar-refractivity contribution in [1.82, 2.24) is 0 Å². The molecule has 1 aromatic heterocycles. The van der Waals surface area contributed by atoms with E-state index in [2.05, 4.69) is 52.0 Å². The van der Waals surface area contributed by atoms with E-state index >= 15 is 0 Å². The third-order valence-electron chi connectivity index (χ3n) is 4.95. The van der Waals surface area contributed by atoms with Crippen LogP contribution in [-0.4, -0.2) is 4.75 Å². The fraction of sp³-hybridized carbons (Fsp3) is 0.375. The number of rotatable bonds is 6. The van der Waals surface area contributed by atoms with E-state index in [0.717, 1.165) is 51.8 Å². The first kappa shape index (κ1) is 20.2. The molecule has 0 aliphatic carbocycles. The van der Waals surface area contributed by atoms with Crippen molar-refractivity contribution in [3.8, 4) is 0 Å². The molecule has 1 unspecified atom stereocenters. The fourth-order valence-electron chi connectivity index (χ4n) is 3.29. The van der Waals surface area contributed by atoms with Crippen LogP contribution in [0.25, 0.3) is 17.0 Å². The van der Waals surface area contributed by atoms with E-state index in [1.165, 1.54) is 11.1 Å². The summed E-state index contributed by atoms with van der Waals surface area (Å²) in [6.45, 7) is 8.85. The summed E-state index contributed by atoms with van der Waals surface area (Å²) in [6, 6.07) is 8.05. The molecule has 1 aromatic carbocycles. The molecule has 0 bridgehead atoms. The average molecular weight is 397 g/mol. The summed E-state index contributed by atoms with van der Waals surface area (Å²) in [5, 5.41) is 1.97. The molecule has 0 saturated heterocycles. The number of hydrogen-bond donors (Lipinski definition) is 0. The topological polar surface area (TPSA) is 13.1 Å². The molecule has 0 amide bonds. The number of para-hydroxylation sites is 1. The first-order valence-corrected chi connectivity index (χ1v) is 10.8. The molecule has 3 rings (SSSR count). The maximum absolute atomic E-state index is 6.19. The molecule has 0 N–H and O–H groups in total. The maximum atomic E-state index is 6.19. The van der Waals surface area contributed by atoms with Crippen LogP contribution in [0.1, 0.15) is 58.9 Å². The van der Waals surface area contributed by atoms with Crippen LogP contribution in [0.15, 0.2) is 63.1 Å². The van der Waals surface area contributed by atoms with Gasteiger partial charge >= 0.3 is 0 Å². The van der Waals surface area contributed by atoms with Crippen molar-refractivity contribution < 1.29 is 4.42 Å². The molecule has 27 heavy (non-hydrogen) atoms. The molecule has 0 radical (unpaired) electrons. The van der Waals surface area contributed by atoms with Crippen molar-refractivity contribution in [2.24, 2.45) is 0 Å². The van der Waals surface area contributed by atoms with Crippen LogP contribution in [0.3, 0.4) is 0 Å². The molecule has 2 aromatic rings. The van der Waals surface area contributed by atoms with Gasteiger partial charge in [-0.3, -0.25) is 0 Å². The molecular formula is C24H28OS2. The summed E-state index contributed by atoms with van der Waals surface area (Å²) in [4.78, 5) is 0. The third-order valence-corrected chi connectivity index (χ3v) is 6.69. The second-order valence-corrected chi connectivity index (χ2v) is 9.70. The molecule has 1 atom stereocenters. The standard InChI is InChI=1S/C24H28OS2/c1-17(2)9-7-10-18(3)11-8-15-24(4)16-14-20-22(26)19-12-5-6-13-21(19)25-23(20)27-24/h5-6,9,11-14,16H,7-8,10,15H2,1-4H3/b18-11+. The van der Waals surface area contributed by atoms with Gasteiger partial charge in [0.05, 0.1) is 4.51 Å². The predicted octanol–water partition coefficient (Wildman–Crippen LogP) is 8.51. The second-order valence-electron chi connectivity index (χ2n) is 7.79. The van der Waals surface area contributed by atoms with Crippen LogP contribution in [-0.2, 0) is 0 Å². The van der Waals surface area contributed by atoms with E-state index in [0.29, 0.717) is 0 Å². The highest BCUT2D eigenvalue weighted by molar-refractivity contribution is 8.00. The van der Waals surface area contributed by atoms with Gasteiger partial charge < -0.3 is 4.42 Å². The summed E-state index contributed by atoms with van der Waals surface area (Å²) >= 11 is 7.50. The Bertz CT molecular complexity index is 974. The Morgan fingerprint density at radius 2 is 1.93 bits per heavy atom. The van der Waals surface area contributed by atoms with E-state index in [-0.39, 0.29) is 4.75 Å². The van der Waals surface area contributed by atoms with Crippen LogP contribution in [0.5, 0.6) is 0 Å². The van der Waals surface area contributed by atoms with E-state index < -0.39 is 0 Å². The molecule has 1 aliphatic heterocycles. The first-order chi connectivity index (χ1) is 12.9. The number of allylic oxidation sites excluding steroid dienone is 4. The van der Waals surface area contributed by atoms with Gasteiger partial charge in [-0.15, -0.1) is 0 Å². The normalized spacial score (nSPS) is 19.2. The number of hydrogen-bond acceptors (Lipinski definition) is 3. The van der Waals surface area contributed by atoms with E-state index in [1.54, 1.807) is 11.8 Å². The van der Waals surface area contributed by atoms with Gasteiger partial charge in [0.15, 0.2) is 5.09 Å². The molecule has 1 nitrogen and oxygen atoms in total. The Labute approximate surface area is 172 Å². The van der Waals surface area contributed by atoms with Crippen molar-refractivity contribution >= 4 is 41.0 Å². The maximum Gasteiger partial charge on any atom is 0.170 e. The molecule has 3 heteroatoms. The number of benzene rings is 1. The van der Waals surface area contributed by atoms with Crippen LogP contribution in [0.4, 0.5) is 0 Å². The predicted molar refractivity (Wildman–Crippen MR) is 122 cm³/mol. The summed E-state index contributed by atoms with van der Waals surface area (Å²) in [5.74, 6) is 0. The molecule has 2 heterocycles. The highest BCUT2D eigenvalue weighted by atomic mass is 32.2. The SMILES string of the molecule is CC(C)=CCC/C(C)=C/CCC1(C)C=Cc2c(oc3ccccc3c2=S)S1. The Morgan fingerprint density at radius 3 is 2.70 bits per heavy atom. The lowest BCUT2D eigenvalue weighted by Gasteiger charge is -2.28. The Hall–Kier alpha value is -1.58. The highest BCUT2D eigenvalue weighted by Gasteiger charge is 2.28. The van der Waals surface area contributed by atoms with Crippen LogP contribution in [0.2, 0.25) is 0 Å². The highest BCUT2D eigenvalue weighted by Crippen LogP contribution is 2.45. The summed E-state index contributed by atoms with van der Waals surface area (Å²) < 4.78 is 7.12. The number of thioether (sulfide) groups is 1. The van der Waals surface area contributed by atoms with Crippen molar-refractivity contribution in [3.63, 3.8) is 0 Å². The summed E-state index contributed by atoms with van der Waals surface area (Å²) in [7, 11) is 0. The zero-order valence-corrected chi connectivity index (χ0v) is 18.3. The smallest absolute Gasteiger partial charge is 0.170 e. The van der Waals surface area contributed by atoms with Crippen LogP contribution in [0, 0.1) is 4.51 Å². The molecule has 142 valence electrons. The largest absolute Gasteiger partial charge is 0.449 e. The molecule has 0 spiro atoms. The Morgan fingerprint density at radius 1 is 1.15 bits per heavy atom. The number of fused-ring (bicyclic) bond motifs is 2. The average Bonchev–Trinajstić information content (AvgIpc) is 2.61. The lowest BCUT2D eigenvalue weighted by atomic mass is 10.00. The lowest BCUT2D eigenvalue weighted by molar-refractivity contribution is 0.492. The van der Waals surface area contributed by atoms with Gasteiger partial charge in [0.25, 0.3) is 0 Å². The van der Waals surface area contributed by atoms with Crippen LogP contribution < -0.4 is 0 Å². The Kier molecular flexibility index (Phi) is 6.44. The zero-order valence-electron chi connectivity index (χ0n) is 16.7. The minimum absolute atomic E-state index is 0.0391. The van der Waals surface area contributed by atoms with Gasteiger partial charge in [-0.25, -0.2) is 0 Å². The van der Waals surface area contributed by atoms with Gasteiger partial charge in [0, 0.05) is 15.7 Å².